The van der Waals surface area contributed by atoms with Gasteiger partial charge < -0.3 is 9.84 Å². The van der Waals surface area contributed by atoms with Crippen LogP contribution in [0.2, 0.25) is 0 Å². The van der Waals surface area contributed by atoms with E-state index in [1.54, 1.807) is 26.8 Å². The van der Waals surface area contributed by atoms with Crippen LogP contribution in [-0.2, 0) is 9.53 Å². The Hall–Kier alpha value is -1.95. The van der Waals surface area contributed by atoms with Gasteiger partial charge in [-0.15, -0.1) is 0 Å². The van der Waals surface area contributed by atoms with Gasteiger partial charge in [-0.25, -0.2) is 4.79 Å². The Labute approximate surface area is 111 Å². The molecule has 1 rings (SSSR count). The average Bonchev–Trinajstić information content (AvgIpc) is 2.33. The highest BCUT2D eigenvalue weighted by atomic mass is 16.6. The summed E-state index contributed by atoms with van der Waals surface area (Å²) in [6.45, 7) is 6.56. The van der Waals surface area contributed by atoms with E-state index in [9.17, 15) is 20.0 Å². The monoisotopic (exact) mass is 266 g/mol. The smallest absolute Gasteiger partial charge is 0.417 e. The van der Waals surface area contributed by atoms with E-state index in [0.29, 0.717) is 0 Å². The summed E-state index contributed by atoms with van der Waals surface area (Å²) >= 11 is 0. The fraction of sp³-hybridized carbons (Fsp3) is 0.462. The van der Waals surface area contributed by atoms with Gasteiger partial charge in [0.05, 0.1) is 10.5 Å². The molecule has 19 heavy (non-hydrogen) atoms. The third-order valence-electron chi connectivity index (χ3n) is 2.77. The Morgan fingerprint density at radius 3 is 2.42 bits per heavy atom. The number of benzene rings is 1. The number of nitro benzene ring substituents is 1. The van der Waals surface area contributed by atoms with E-state index in [2.05, 4.69) is 0 Å². The van der Waals surface area contributed by atoms with Crippen LogP contribution in [-0.4, -0.2) is 22.6 Å². The van der Waals surface area contributed by atoms with Crippen LogP contribution in [0.5, 0.6) is 0 Å². The van der Waals surface area contributed by atoms with Crippen molar-refractivity contribution in [1.29, 1.82) is 0 Å². The van der Waals surface area contributed by atoms with Crippen molar-refractivity contribution in [2.45, 2.75) is 33.0 Å². The second kappa shape index (κ2) is 5.79. The van der Waals surface area contributed by atoms with E-state index < -0.39 is 22.5 Å². The van der Waals surface area contributed by atoms with Gasteiger partial charge in [-0.05, 0) is 6.07 Å². The quantitative estimate of drug-likeness (QED) is 0.651. The zero-order chi connectivity index (χ0) is 14.6. The summed E-state index contributed by atoms with van der Waals surface area (Å²) in [6, 6.07) is 5.82. The fourth-order valence-corrected chi connectivity index (χ4v) is 1.83. The highest BCUT2D eigenvalue weighted by Crippen LogP contribution is 2.35. The lowest BCUT2D eigenvalue weighted by Gasteiger charge is -2.32. The molecule has 2 atom stereocenters. The molecule has 0 saturated heterocycles. The van der Waals surface area contributed by atoms with Crippen molar-refractivity contribution >= 4 is 12.2 Å². The summed E-state index contributed by atoms with van der Waals surface area (Å²) in [5, 5.41) is 21.2. The number of rotatable bonds is 5. The van der Waals surface area contributed by atoms with Crippen molar-refractivity contribution in [3.63, 3.8) is 0 Å². The molecule has 0 heterocycles. The van der Waals surface area contributed by atoms with Gasteiger partial charge in [0.25, 0.3) is 5.69 Å². The second-order valence-electron chi connectivity index (χ2n) is 5.25. The van der Waals surface area contributed by atoms with Crippen LogP contribution in [0.25, 0.3) is 0 Å². The zero-order valence-corrected chi connectivity index (χ0v) is 11.0. The van der Waals surface area contributed by atoms with Gasteiger partial charge in [0, 0.05) is 11.5 Å². The molecule has 0 amide bonds. The molecule has 0 aliphatic rings. The van der Waals surface area contributed by atoms with Crippen LogP contribution < -0.4 is 0 Å². The lowest BCUT2D eigenvalue weighted by Crippen LogP contribution is -2.35. The predicted octanol–water partition coefficient (Wildman–Crippen LogP) is 2.13. The molecule has 0 aromatic heterocycles. The number of ether oxygens (including phenoxy) is 1. The van der Waals surface area contributed by atoms with Crippen molar-refractivity contribution in [3.8, 4) is 0 Å². The SMILES string of the molecule is CC(C)(C)C(O[C]=O)C(O)c1ccccc1[N+](=O)[O-]. The molecule has 1 aromatic rings. The van der Waals surface area contributed by atoms with Crippen LogP contribution in [0, 0.1) is 15.5 Å². The van der Waals surface area contributed by atoms with E-state index in [4.69, 9.17) is 4.74 Å². The van der Waals surface area contributed by atoms with Gasteiger partial charge in [-0.2, -0.15) is 0 Å². The first-order chi connectivity index (χ1) is 8.79. The molecule has 0 saturated carbocycles. The first-order valence-corrected chi connectivity index (χ1v) is 5.73. The average molecular weight is 266 g/mol. The number of hydrogen-bond donors (Lipinski definition) is 1. The molecular formula is C13H16NO5. The summed E-state index contributed by atoms with van der Waals surface area (Å²) < 4.78 is 4.78. The molecule has 0 spiro atoms. The molecular weight excluding hydrogens is 250 g/mol. The maximum absolute atomic E-state index is 10.9. The van der Waals surface area contributed by atoms with Gasteiger partial charge in [0.1, 0.15) is 12.2 Å². The lowest BCUT2D eigenvalue weighted by molar-refractivity contribution is -0.386. The number of nitrogens with zero attached hydrogens (tertiary/aromatic N) is 1. The summed E-state index contributed by atoms with van der Waals surface area (Å²) in [4.78, 5) is 20.8. The molecule has 2 unspecified atom stereocenters. The van der Waals surface area contributed by atoms with Gasteiger partial charge in [0.15, 0.2) is 0 Å². The van der Waals surface area contributed by atoms with Crippen molar-refractivity contribution in [2.24, 2.45) is 5.41 Å². The molecule has 1 radical (unpaired) electrons. The molecule has 0 aliphatic carbocycles. The van der Waals surface area contributed by atoms with Gasteiger partial charge in [-0.3, -0.25) is 10.1 Å². The maximum Gasteiger partial charge on any atom is 0.417 e. The minimum absolute atomic E-state index is 0.114. The fourth-order valence-electron chi connectivity index (χ4n) is 1.83. The molecule has 6 heteroatoms. The van der Waals surface area contributed by atoms with E-state index in [1.807, 2.05) is 0 Å². The maximum atomic E-state index is 10.9. The highest BCUT2D eigenvalue weighted by molar-refractivity contribution is 5.43. The summed E-state index contributed by atoms with van der Waals surface area (Å²) in [6.07, 6.45) is -2.21. The van der Waals surface area contributed by atoms with Crippen LogP contribution in [0.4, 0.5) is 5.69 Å². The standard InChI is InChI=1S/C13H16NO5/c1-13(2,3)12(19-8-15)11(16)9-6-4-5-7-10(9)14(17)18/h4-7,11-12,16H,1-3H3. The molecule has 1 aromatic carbocycles. The normalized spacial score (nSPS) is 14.5. The number of hydrogen-bond acceptors (Lipinski definition) is 5. The molecule has 6 nitrogen and oxygen atoms in total. The Kier molecular flexibility index (Phi) is 4.61. The van der Waals surface area contributed by atoms with Crippen LogP contribution in [0.1, 0.15) is 32.4 Å². The summed E-state index contributed by atoms with van der Waals surface area (Å²) in [7, 11) is 0. The van der Waals surface area contributed by atoms with E-state index in [0.717, 1.165) is 0 Å². The molecule has 1 N–H and O–H groups in total. The van der Waals surface area contributed by atoms with Crippen LogP contribution in [0.3, 0.4) is 0 Å². The third kappa shape index (κ3) is 3.51. The molecule has 0 aliphatic heterocycles. The summed E-state index contributed by atoms with van der Waals surface area (Å²) in [5.74, 6) is 0. The number of para-hydroxylation sites is 1. The number of aliphatic hydroxyl groups excluding tert-OH is 1. The van der Waals surface area contributed by atoms with Crippen molar-refractivity contribution in [3.05, 3.63) is 39.9 Å². The van der Waals surface area contributed by atoms with Crippen LogP contribution in [0.15, 0.2) is 24.3 Å². The Balaban J connectivity index is 3.20. The van der Waals surface area contributed by atoms with Gasteiger partial charge in [0.2, 0.25) is 0 Å². The number of nitro groups is 1. The first kappa shape index (κ1) is 15.1. The van der Waals surface area contributed by atoms with Crippen molar-refractivity contribution in [1.82, 2.24) is 0 Å². The van der Waals surface area contributed by atoms with Crippen molar-refractivity contribution in [2.75, 3.05) is 0 Å². The van der Waals surface area contributed by atoms with E-state index in [1.165, 1.54) is 24.7 Å². The Bertz CT molecular complexity index is 466. The number of carbonyl (C=O) groups excluding carboxylic acids is 1. The third-order valence-corrected chi connectivity index (χ3v) is 2.77. The second-order valence-corrected chi connectivity index (χ2v) is 5.25. The lowest BCUT2D eigenvalue weighted by atomic mass is 9.83. The van der Waals surface area contributed by atoms with Gasteiger partial charge in [-0.1, -0.05) is 32.9 Å². The Morgan fingerprint density at radius 1 is 1.37 bits per heavy atom. The molecule has 103 valence electrons. The van der Waals surface area contributed by atoms with Gasteiger partial charge >= 0.3 is 6.47 Å². The Morgan fingerprint density at radius 2 is 1.95 bits per heavy atom. The minimum atomic E-state index is -1.29. The summed E-state index contributed by atoms with van der Waals surface area (Å²) in [5.41, 5.74) is -0.679. The zero-order valence-electron chi connectivity index (χ0n) is 11.0. The first-order valence-electron chi connectivity index (χ1n) is 5.73. The van der Waals surface area contributed by atoms with Crippen LogP contribution >= 0.6 is 0 Å². The number of aliphatic hydroxyl groups is 1. The minimum Gasteiger partial charge on any atom is -0.450 e. The van der Waals surface area contributed by atoms with Crippen molar-refractivity contribution < 1.29 is 19.6 Å². The van der Waals surface area contributed by atoms with E-state index in [-0.39, 0.29) is 11.3 Å². The topological polar surface area (TPSA) is 89.7 Å². The highest BCUT2D eigenvalue weighted by Gasteiger charge is 2.37. The largest absolute Gasteiger partial charge is 0.450 e. The molecule has 0 bridgehead atoms. The van der Waals surface area contributed by atoms with E-state index >= 15 is 0 Å². The predicted molar refractivity (Wildman–Crippen MR) is 68.1 cm³/mol. The molecule has 0 fully saturated rings.